The third-order valence-corrected chi connectivity index (χ3v) is 2.82. The lowest BCUT2D eigenvalue weighted by atomic mass is 10.2. The molecule has 0 N–H and O–H groups in total. The number of hydrogen-bond donors (Lipinski definition) is 0. The Hall–Kier alpha value is 0.650. The van der Waals surface area contributed by atoms with Crippen LogP contribution in [-0.2, 0) is 4.74 Å². The predicted molar refractivity (Wildman–Crippen MR) is 51.1 cm³/mol. The maximum atomic E-state index is 5.40. The summed E-state index contributed by atoms with van der Waals surface area (Å²) in [6.45, 7) is 11.7. The highest BCUT2D eigenvalue weighted by molar-refractivity contribution is 4.49. The topological polar surface area (TPSA) is 9.23 Å². The Balaban J connectivity index is 0.00000144. The van der Waals surface area contributed by atoms with Gasteiger partial charge in [0.2, 0.25) is 0 Å². The van der Waals surface area contributed by atoms with Crippen molar-refractivity contribution >= 4 is 0 Å². The molecular formula is C10H22INO. The van der Waals surface area contributed by atoms with Crippen LogP contribution in [0.15, 0.2) is 0 Å². The van der Waals surface area contributed by atoms with Crippen molar-refractivity contribution in [2.75, 3.05) is 39.4 Å². The van der Waals surface area contributed by atoms with Crippen LogP contribution in [0.3, 0.4) is 0 Å². The van der Waals surface area contributed by atoms with Crippen molar-refractivity contribution in [1.82, 2.24) is 0 Å². The van der Waals surface area contributed by atoms with Crippen molar-refractivity contribution in [2.24, 2.45) is 0 Å². The molecule has 1 saturated heterocycles. The molecule has 0 aromatic carbocycles. The molecule has 0 aromatic heterocycles. The van der Waals surface area contributed by atoms with Gasteiger partial charge < -0.3 is 33.2 Å². The van der Waals surface area contributed by atoms with Crippen LogP contribution in [0.25, 0.3) is 0 Å². The van der Waals surface area contributed by atoms with Gasteiger partial charge in [-0.05, 0) is 12.8 Å². The third kappa shape index (κ3) is 4.13. The van der Waals surface area contributed by atoms with Crippen molar-refractivity contribution in [2.45, 2.75) is 26.7 Å². The summed E-state index contributed by atoms with van der Waals surface area (Å²) in [5.41, 5.74) is 0. The van der Waals surface area contributed by atoms with Gasteiger partial charge in [0.15, 0.2) is 0 Å². The van der Waals surface area contributed by atoms with Gasteiger partial charge in [0.1, 0.15) is 13.1 Å². The van der Waals surface area contributed by atoms with Gasteiger partial charge in [-0.2, -0.15) is 0 Å². The maximum absolute atomic E-state index is 5.40. The van der Waals surface area contributed by atoms with Crippen molar-refractivity contribution in [3.05, 3.63) is 0 Å². The summed E-state index contributed by atoms with van der Waals surface area (Å²) in [6.07, 6.45) is 2.61. The summed E-state index contributed by atoms with van der Waals surface area (Å²) in [5, 5.41) is 0. The van der Waals surface area contributed by atoms with Gasteiger partial charge in [-0.3, -0.25) is 0 Å². The first kappa shape index (κ1) is 13.7. The number of quaternary nitrogens is 1. The molecule has 1 aliphatic rings. The summed E-state index contributed by atoms with van der Waals surface area (Å²) in [5.74, 6) is 0. The second-order valence-electron chi connectivity index (χ2n) is 3.85. The van der Waals surface area contributed by atoms with E-state index in [9.17, 15) is 0 Å². The van der Waals surface area contributed by atoms with Gasteiger partial charge in [0.05, 0.1) is 26.3 Å². The van der Waals surface area contributed by atoms with E-state index in [1.807, 2.05) is 0 Å². The summed E-state index contributed by atoms with van der Waals surface area (Å²) in [7, 11) is 0. The summed E-state index contributed by atoms with van der Waals surface area (Å²) in [4.78, 5) is 0. The highest BCUT2D eigenvalue weighted by Gasteiger charge is 2.27. The van der Waals surface area contributed by atoms with E-state index in [1.165, 1.54) is 43.5 Å². The van der Waals surface area contributed by atoms with E-state index in [2.05, 4.69) is 13.8 Å². The highest BCUT2D eigenvalue weighted by atomic mass is 127. The number of halogens is 1. The molecule has 80 valence electrons. The first-order valence-electron chi connectivity index (χ1n) is 5.26. The zero-order chi connectivity index (χ0) is 8.86. The van der Waals surface area contributed by atoms with Gasteiger partial charge in [-0.15, -0.1) is 0 Å². The van der Waals surface area contributed by atoms with Crippen LogP contribution in [-0.4, -0.2) is 43.9 Å². The minimum atomic E-state index is 0. The molecule has 1 heterocycles. The van der Waals surface area contributed by atoms with E-state index in [4.69, 9.17) is 4.74 Å². The minimum absolute atomic E-state index is 0. The summed E-state index contributed by atoms with van der Waals surface area (Å²) >= 11 is 0. The second kappa shape index (κ2) is 7.01. The predicted octanol–water partition coefficient (Wildman–Crippen LogP) is -1.34. The summed E-state index contributed by atoms with van der Waals surface area (Å²) < 4.78 is 6.71. The molecular weight excluding hydrogens is 277 g/mol. The van der Waals surface area contributed by atoms with Gasteiger partial charge in [0, 0.05) is 0 Å². The van der Waals surface area contributed by atoms with E-state index >= 15 is 0 Å². The quantitative estimate of drug-likeness (QED) is 0.461. The largest absolute Gasteiger partial charge is 1.00 e. The molecule has 3 heteroatoms. The molecule has 1 rings (SSSR count). The molecule has 1 aliphatic heterocycles. The van der Waals surface area contributed by atoms with E-state index in [0.717, 1.165) is 13.2 Å². The van der Waals surface area contributed by atoms with Gasteiger partial charge in [0.25, 0.3) is 0 Å². The lowest BCUT2D eigenvalue weighted by Crippen LogP contribution is -3.00. The van der Waals surface area contributed by atoms with Crippen LogP contribution in [0.4, 0.5) is 0 Å². The molecule has 1 fully saturated rings. The fourth-order valence-corrected chi connectivity index (χ4v) is 2.24. The zero-order valence-corrected chi connectivity index (χ0v) is 11.0. The summed E-state index contributed by atoms with van der Waals surface area (Å²) in [6, 6.07) is 0. The lowest BCUT2D eigenvalue weighted by Gasteiger charge is -2.41. The highest BCUT2D eigenvalue weighted by Crippen LogP contribution is 2.13. The van der Waals surface area contributed by atoms with E-state index in [1.54, 1.807) is 0 Å². The average Bonchev–Trinajstić information content (AvgIpc) is 2.07. The maximum Gasteiger partial charge on any atom is 0.102 e. The Morgan fingerprint density at radius 2 is 1.46 bits per heavy atom. The van der Waals surface area contributed by atoms with Crippen molar-refractivity contribution < 1.29 is 33.2 Å². The number of nitrogens with zero attached hydrogens (tertiary/aromatic N) is 1. The zero-order valence-electron chi connectivity index (χ0n) is 8.89. The Bertz CT molecular complexity index is 109. The molecule has 0 atom stereocenters. The van der Waals surface area contributed by atoms with Crippen molar-refractivity contribution in [3.8, 4) is 0 Å². The third-order valence-electron chi connectivity index (χ3n) is 2.82. The lowest BCUT2D eigenvalue weighted by molar-refractivity contribution is -0.935. The SMILES string of the molecule is CCC[N+]1(CCC)CCOCC1.[I-]. The Labute approximate surface area is 99.2 Å². The van der Waals surface area contributed by atoms with Gasteiger partial charge in [-0.25, -0.2) is 0 Å². The number of morpholine rings is 1. The van der Waals surface area contributed by atoms with E-state index in [-0.39, 0.29) is 24.0 Å². The van der Waals surface area contributed by atoms with Crippen molar-refractivity contribution in [3.63, 3.8) is 0 Å². The molecule has 0 saturated carbocycles. The Kier molecular flexibility index (Phi) is 7.36. The molecule has 2 nitrogen and oxygen atoms in total. The first-order valence-corrected chi connectivity index (χ1v) is 5.26. The smallest absolute Gasteiger partial charge is 0.102 e. The van der Waals surface area contributed by atoms with Gasteiger partial charge in [-0.1, -0.05) is 13.8 Å². The van der Waals surface area contributed by atoms with Crippen LogP contribution >= 0.6 is 0 Å². The monoisotopic (exact) mass is 299 g/mol. The van der Waals surface area contributed by atoms with Crippen LogP contribution in [0.1, 0.15) is 26.7 Å². The number of rotatable bonds is 4. The normalized spacial score (nSPS) is 20.8. The molecule has 13 heavy (non-hydrogen) atoms. The van der Waals surface area contributed by atoms with Crippen LogP contribution < -0.4 is 24.0 Å². The van der Waals surface area contributed by atoms with Crippen molar-refractivity contribution in [1.29, 1.82) is 0 Å². The number of hydrogen-bond acceptors (Lipinski definition) is 1. The molecule has 0 aliphatic carbocycles. The van der Waals surface area contributed by atoms with Crippen LogP contribution in [0, 0.1) is 0 Å². The average molecular weight is 299 g/mol. The second-order valence-corrected chi connectivity index (χ2v) is 3.85. The van der Waals surface area contributed by atoms with E-state index < -0.39 is 0 Å². The fourth-order valence-electron chi connectivity index (χ4n) is 2.24. The standard InChI is InChI=1S/C10H22NO.HI/c1-3-5-11(6-4-2)7-9-12-10-8-11;/h3-10H2,1-2H3;1H/q+1;/p-1. The minimum Gasteiger partial charge on any atom is -1.00 e. The molecule has 0 bridgehead atoms. The van der Waals surface area contributed by atoms with E-state index in [0.29, 0.717) is 0 Å². The van der Waals surface area contributed by atoms with Crippen LogP contribution in [0.5, 0.6) is 0 Å². The molecule has 0 unspecified atom stereocenters. The fraction of sp³-hybridized carbons (Fsp3) is 1.00. The van der Waals surface area contributed by atoms with Crippen LogP contribution in [0.2, 0.25) is 0 Å². The Morgan fingerprint density at radius 1 is 1.00 bits per heavy atom. The Morgan fingerprint density at radius 3 is 1.85 bits per heavy atom. The molecule has 0 spiro atoms. The molecule has 0 radical (unpaired) electrons. The van der Waals surface area contributed by atoms with Gasteiger partial charge >= 0.3 is 0 Å². The molecule has 0 amide bonds. The first-order chi connectivity index (χ1) is 5.83. The number of ether oxygens (including phenoxy) is 1. The molecule has 0 aromatic rings.